The summed E-state index contributed by atoms with van der Waals surface area (Å²) in [7, 11) is -1.05. The quantitative estimate of drug-likeness (QED) is 0.791. The smallest absolute Gasteiger partial charge is 0.319 e. The van der Waals surface area contributed by atoms with Crippen LogP contribution in [0.5, 0.6) is 0 Å². The molecule has 0 radical (unpaired) electrons. The van der Waals surface area contributed by atoms with Crippen LogP contribution in [0.4, 0.5) is 10.5 Å². The van der Waals surface area contributed by atoms with Crippen molar-refractivity contribution in [1.82, 2.24) is 5.32 Å². The molecule has 1 fully saturated rings. The summed E-state index contributed by atoms with van der Waals surface area (Å²) in [6, 6.07) is 6.84. The van der Waals surface area contributed by atoms with E-state index >= 15 is 0 Å². The van der Waals surface area contributed by atoms with Gasteiger partial charge in [0, 0.05) is 40.8 Å². The predicted octanol–water partition coefficient (Wildman–Crippen LogP) is 2.89. The Labute approximate surface area is 134 Å². The Morgan fingerprint density at radius 2 is 2.27 bits per heavy atom. The lowest BCUT2D eigenvalue weighted by atomic mass is 10.0. The van der Waals surface area contributed by atoms with Crippen molar-refractivity contribution in [1.29, 1.82) is 0 Å². The van der Waals surface area contributed by atoms with Crippen molar-refractivity contribution in [2.45, 2.75) is 43.1 Å². The Morgan fingerprint density at radius 3 is 3.00 bits per heavy atom. The molecular formula is C16H24N2O3S. The molecule has 2 amide bonds. The molecule has 1 aliphatic heterocycles. The van der Waals surface area contributed by atoms with Crippen molar-refractivity contribution in [3.8, 4) is 0 Å². The van der Waals surface area contributed by atoms with Crippen LogP contribution in [0.1, 0.15) is 32.1 Å². The first-order valence-electron chi connectivity index (χ1n) is 7.75. The molecule has 122 valence electrons. The molecule has 6 heteroatoms. The van der Waals surface area contributed by atoms with E-state index in [4.69, 9.17) is 4.74 Å². The fourth-order valence-corrected chi connectivity index (χ4v) is 3.06. The Bertz CT molecular complexity index is 516. The summed E-state index contributed by atoms with van der Waals surface area (Å²) in [5.41, 5.74) is 0.654. The molecule has 1 aromatic carbocycles. The highest BCUT2D eigenvalue weighted by Gasteiger charge is 2.13. The first-order chi connectivity index (χ1) is 10.6. The van der Waals surface area contributed by atoms with Crippen LogP contribution >= 0.6 is 0 Å². The standard InChI is InChI=1S/C16H24N2O3S/c1-22(20)15-9-4-6-13(12-15)18-16(19)17-10-5-8-14-7-2-3-11-21-14/h4,6,9,12,14H,2-3,5,7-8,10-11H2,1H3,(H2,17,18,19)/t14-,22-/m0/s1. The van der Waals surface area contributed by atoms with Crippen LogP contribution in [0.15, 0.2) is 29.2 Å². The van der Waals surface area contributed by atoms with Crippen LogP contribution in [-0.2, 0) is 15.5 Å². The average molecular weight is 324 g/mol. The van der Waals surface area contributed by atoms with Gasteiger partial charge in [-0.1, -0.05) is 6.07 Å². The largest absolute Gasteiger partial charge is 0.378 e. The molecule has 5 nitrogen and oxygen atoms in total. The molecule has 1 aromatic rings. The number of urea groups is 1. The van der Waals surface area contributed by atoms with Gasteiger partial charge in [0.2, 0.25) is 0 Å². The lowest BCUT2D eigenvalue weighted by Crippen LogP contribution is -2.30. The van der Waals surface area contributed by atoms with Crippen LogP contribution in [0.2, 0.25) is 0 Å². The molecule has 2 rings (SSSR count). The van der Waals surface area contributed by atoms with E-state index in [2.05, 4.69) is 10.6 Å². The molecule has 22 heavy (non-hydrogen) atoms. The third kappa shape index (κ3) is 5.77. The zero-order valence-corrected chi connectivity index (χ0v) is 13.8. The minimum Gasteiger partial charge on any atom is -0.378 e. The SMILES string of the molecule is C[S@](=O)c1cccc(NC(=O)NCCC[C@@H]2CCCCO2)c1. The fourth-order valence-electron chi connectivity index (χ4n) is 2.49. The van der Waals surface area contributed by atoms with E-state index in [1.165, 1.54) is 12.8 Å². The van der Waals surface area contributed by atoms with Gasteiger partial charge in [0.1, 0.15) is 0 Å². The van der Waals surface area contributed by atoms with Crippen LogP contribution in [-0.4, -0.2) is 35.8 Å². The van der Waals surface area contributed by atoms with Gasteiger partial charge in [-0.3, -0.25) is 4.21 Å². The highest BCUT2D eigenvalue weighted by Crippen LogP contribution is 2.16. The number of anilines is 1. The maximum Gasteiger partial charge on any atom is 0.319 e. The summed E-state index contributed by atoms with van der Waals surface area (Å²) in [5.74, 6) is 0. The number of amides is 2. The second-order valence-corrected chi connectivity index (χ2v) is 6.87. The summed E-state index contributed by atoms with van der Waals surface area (Å²) in [6.45, 7) is 1.50. The van der Waals surface area contributed by atoms with E-state index in [1.807, 2.05) is 0 Å². The maximum atomic E-state index is 11.8. The Balaban J connectivity index is 1.67. The van der Waals surface area contributed by atoms with Gasteiger partial charge in [-0.05, 0) is 50.3 Å². The summed E-state index contributed by atoms with van der Waals surface area (Å²) >= 11 is 0. The topological polar surface area (TPSA) is 67.4 Å². The van der Waals surface area contributed by atoms with Crippen molar-refractivity contribution < 1.29 is 13.7 Å². The van der Waals surface area contributed by atoms with Gasteiger partial charge in [0.25, 0.3) is 0 Å². The molecule has 1 aliphatic rings. The van der Waals surface area contributed by atoms with Crippen molar-refractivity contribution in [2.24, 2.45) is 0 Å². The minimum atomic E-state index is -1.05. The Hall–Kier alpha value is -1.40. The van der Waals surface area contributed by atoms with E-state index in [-0.39, 0.29) is 6.03 Å². The molecule has 0 saturated carbocycles. The number of hydrogen-bond donors (Lipinski definition) is 2. The highest BCUT2D eigenvalue weighted by molar-refractivity contribution is 7.84. The fraction of sp³-hybridized carbons (Fsp3) is 0.562. The van der Waals surface area contributed by atoms with Crippen molar-refractivity contribution >= 4 is 22.5 Å². The normalized spacial score (nSPS) is 19.4. The molecule has 0 aliphatic carbocycles. The van der Waals surface area contributed by atoms with Gasteiger partial charge in [0.05, 0.1) is 6.10 Å². The average Bonchev–Trinajstić information content (AvgIpc) is 2.53. The van der Waals surface area contributed by atoms with Crippen molar-refractivity contribution in [3.63, 3.8) is 0 Å². The molecular weight excluding hydrogens is 300 g/mol. The predicted molar refractivity (Wildman–Crippen MR) is 88.6 cm³/mol. The van der Waals surface area contributed by atoms with Crippen LogP contribution in [0.25, 0.3) is 0 Å². The van der Waals surface area contributed by atoms with Gasteiger partial charge in [-0.2, -0.15) is 0 Å². The molecule has 2 atom stereocenters. The number of benzene rings is 1. The van der Waals surface area contributed by atoms with Gasteiger partial charge < -0.3 is 15.4 Å². The Kier molecular flexibility index (Phi) is 6.86. The van der Waals surface area contributed by atoms with Gasteiger partial charge in [-0.25, -0.2) is 4.79 Å². The monoisotopic (exact) mass is 324 g/mol. The van der Waals surface area contributed by atoms with Gasteiger partial charge >= 0.3 is 6.03 Å². The van der Waals surface area contributed by atoms with Crippen LogP contribution in [0.3, 0.4) is 0 Å². The van der Waals surface area contributed by atoms with E-state index < -0.39 is 10.8 Å². The third-order valence-electron chi connectivity index (χ3n) is 3.69. The first kappa shape index (κ1) is 17.0. The number of nitrogens with one attached hydrogen (secondary N) is 2. The maximum absolute atomic E-state index is 11.8. The molecule has 0 unspecified atom stereocenters. The van der Waals surface area contributed by atoms with Crippen molar-refractivity contribution in [3.05, 3.63) is 24.3 Å². The minimum absolute atomic E-state index is 0.233. The summed E-state index contributed by atoms with van der Waals surface area (Å²) in [4.78, 5) is 12.5. The number of ether oxygens (including phenoxy) is 1. The highest BCUT2D eigenvalue weighted by atomic mass is 32.2. The van der Waals surface area contributed by atoms with E-state index in [0.717, 1.165) is 25.9 Å². The number of carbonyl (C=O) groups excluding carboxylic acids is 1. The molecule has 1 heterocycles. The molecule has 0 aromatic heterocycles. The molecule has 2 N–H and O–H groups in total. The molecule has 1 saturated heterocycles. The van der Waals surface area contributed by atoms with E-state index in [9.17, 15) is 9.00 Å². The van der Waals surface area contributed by atoms with Crippen LogP contribution in [0, 0.1) is 0 Å². The van der Waals surface area contributed by atoms with Crippen LogP contribution < -0.4 is 10.6 Å². The molecule has 0 bridgehead atoms. The zero-order valence-electron chi connectivity index (χ0n) is 13.0. The number of carbonyl (C=O) groups is 1. The summed E-state index contributed by atoms with van der Waals surface area (Å²) in [5, 5.41) is 5.60. The second kappa shape index (κ2) is 8.90. The third-order valence-corrected chi connectivity index (χ3v) is 4.60. The molecule has 0 spiro atoms. The summed E-state index contributed by atoms with van der Waals surface area (Å²) < 4.78 is 17.1. The van der Waals surface area contributed by atoms with E-state index in [1.54, 1.807) is 30.5 Å². The second-order valence-electron chi connectivity index (χ2n) is 5.49. The first-order valence-corrected chi connectivity index (χ1v) is 9.31. The van der Waals surface area contributed by atoms with Gasteiger partial charge in [-0.15, -0.1) is 0 Å². The number of rotatable bonds is 6. The van der Waals surface area contributed by atoms with Crippen molar-refractivity contribution in [2.75, 3.05) is 24.7 Å². The number of hydrogen-bond acceptors (Lipinski definition) is 3. The lowest BCUT2D eigenvalue weighted by molar-refractivity contribution is 0.0103. The van der Waals surface area contributed by atoms with E-state index in [0.29, 0.717) is 23.2 Å². The summed E-state index contributed by atoms with van der Waals surface area (Å²) in [6.07, 6.45) is 7.42. The van der Waals surface area contributed by atoms with Gasteiger partial charge in [0.15, 0.2) is 0 Å². The Morgan fingerprint density at radius 1 is 1.41 bits per heavy atom. The zero-order chi connectivity index (χ0) is 15.8. The lowest BCUT2D eigenvalue weighted by Gasteiger charge is -2.22.